The molecule has 0 bridgehead atoms. The SMILES string of the molecule is CCOC(=O)CNC1C=CC=CC1. The predicted octanol–water partition coefficient (Wildman–Crippen LogP) is 1.02. The Bertz CT molecular complexity index is 221. The number of carbonyl (C=O) groups is 1. The monoisotopic (exact) mass is 181 g/mol. The summed E-state index contributed by atoms with van der Waals surface area (Å²) in [5, 5.41) is 3.09. The van der Waals surface area contributed by atoms with E-state index in [1.807, 2.05) is 18.2 Å². The summed E-state index contributed by atoms with van der Waals surface area (Å²) >= 11 is 0. The van der Waals surface area contributed by atoms with Crippen LogP contribution in [0.25, 0.3) is 0 Å². The number of rotatable bonds is 4. The van der Waals surface area contributed by atoms with Crippen LogP contribution in [-0.4, -0.2) is 25.2 Å². The first-order chi connectivity index (χ1) is 6.33. The average molecular weight is 181 g/mol. The summed E-state index contributed by atoms with van der Waals surface area (Å²) in [4.78, 5) is 11.0. The molecule has 0 aromatic carbocycles. The molecule has 1 rings (SSSR count). The van der Waals surface area contributed by atoms with Crippen molar-refractivity contribution in [2.45, 2.75) is 19.4 Å². The Morgan fingerprint density at radius 2 is 2.46 bits per heavy atom. The molecule has 1 atom stereocenters. The molecule has 0 radical (unpaired) electrons. The fourth-order valence-corrected chi connectivity index (χ4v) is 1.16. The fourth-order valence-electron chi connectivity index (χ4n) is 1.16. The van der Waals surface area contributed by atoms with Gasteiger partial charge in [0.25, 0.3) is 0 Å². The van der Waals surface area contributed by atoms with Gasteiger partial charge in [0.2, 0.25) is 0 Å². The second-order valence-electron chi connectivity index (χ2n) is 2.84. The molecule has 0 amide bonds. The minimum absolute atomic E-state index is 0.189. The molecule has 3 heteroatoms. The standard InChI is InChI=1S/C10H15NO2/c1-2-13-10(12)8-11-9-6-4-3-5-7-9/h3-6,9,11H,2,7-8H2,1H3. The van der Waals surface area contributed by atoms with Crippen molar-refractivity contribution < 1.29 is 9.53 Å². The van der Waals surface area contributed by atoms with E-state index in [1.54, 1.807) is 6.92 Å². The van der Waals surface area contributed by atoms with E-state index < -0.39 is 0 Å². The molecule has 0 aromatic heterocycles. The van der Waals surface area contributed by atoms with E-state index in [1.165, 1.54) is 0 Å². The van der Waals surface area contributed by atoms with Crippen LogP contribution in [0.5, 0.6) is 0 Å². The topological polar surface area (TPSA) is 38.3 Å². The number of hydrogen-bond donors (Lipinski definition) is 1. The molecule has 0 aromatic rings. The molecule has 1 aliphatic rings. The van der Waals surface area contributed by atoms with Gasteiger partial charge in [-0.05, 0) is 13.3 Å². The summed E-state index contributed by atoms with van der Waals surface area (Å²) in [6.07, 6.45) is 9.03. The van der Waals surface area contributed by atoms with Gasteiger partial charge in [-0.25, -0.2) is 0 Å². The van der Waals surface area contributed by atoms with Crippen LogP contribution >= 0.6 is 0 Å². The maximum absolute atomic E-state index is 11.0. The smallest absolute Gasteiger partial charge is 0.319 e. The second-order valence-corrected chi connectivity index (χ2v) is 2.84. The molecule has 72 valence electrons. The summed E-state index contributed by atoms with van der Waals surface area (Å²) in [5.41, 5.74) is 0. The first-order valence-corrected chi connectivity index (χ1v) is 4.55. The molecule has 3 nitrogen and oxygen atoms in total. The van der Waals surface area contributed by atoms with E-state index in [-0.39, 0.29) is 18.6 Å². The largest absolute Gasteiger partial charge is 0.465 e. The molecule has 0 heterocycles. The van der Waals surface area contributed by atoms with E-state index in [0.717, 1.165) is 6.42 Å². The molecular weight excluding hydrogens is 166 g/mol. The normalized spacial score (nSPS) is 20.2. The summed E-state index contributed by atoms with van der Waals surface area (Å²) < 4.78 is 4.79. The Morgan fingerprint density at radius 1 is 1.62 bits per heavy atom. The van der Waals surface area contributed by atoms with Gasteiger partial charge in [-0.15, -0.1) is 0 Å². The number of hydrogen-bond acceptors (Lipinski definition) is 3. The van der Waals surface area contributed by atoms with Crippen molar-refractivity contribution in [3.05, 3.63) is 24.3 Å². The highest BCUT2D eigenvalue weighted by atomic mass is 16.5. The third-order valence-corrected chi connectivity index (χ3v) is 1.79. The van der Waals surface area contributed by atoms with Gasteiger partial charge in [-0.1, -0.05) is 24.3 Å². The lowest BCUT2D eigenvalue weighted by molar-refractivity contribution is -0.142. The average Bonchev–Trinajstić information content (AvgIpc) is 2.17. The number of carbonyl (C=O) groups excluding carboxylic acids is 1. The van der Waals surface area contributed by atoms with Crippen LogP contribution in [0.1, 0.15) is 13.3 Å². The van der Waals surface area contributed by atoms with Gasteiger partial charge >= 0.3 is 5.97 Å². The fraction of sp³-hybridized carbons (Fsp3) is 0.500. The van der Waals surface area contributed by atoms with Gasteiger partial charge in [0.05, 0.1) is 13.2 Å². The Balaban J connectivity index is 2.15. The highest BCUT2D eigenvalue weighted by molar-refractivity contribution is 5.71. The molecular formula is C10H15NO2. The van der Waals surface area contributed by atoms with Crippen molar-refractivity contribution in [3.8, 4) is 0 Å². The van der Waals surface area contributed by atoms with Crippen molar-refractivity contribution in [2.24, 2.45) is 0 Å². The Hall–Kier alpha value is -1.09. The lowest BCUT2D eigenvalue weighted by atomic mass is 10.1. The van der Waals surface area contributed by atoms with Crippen LogP contribution in [0.15, 0.2) is 24.3 Å². The molecule has 1 unspecified atom stereocenters. The lowest BCUT2D eigenvalue weighted by Crippen LogP contribution is -2.33. The number of allylic oxidation sites excluding steroid dienone is 2. The van der Waals surface area contributed by atoms with E-state index in [9.17, 15) is 4.79 Å². The zero-order valence-electron chi connectivity index (χ0n) is 7.82. The molecule has 0 saturated carbocycles. The highest BCUT2D eigenvalue weighted by Crippen LogP contribution is 2.01. The Labute approximate surface area is 78.5 Å². The molecule has 0 saturated heterocycles. The van der Waals surface area contributed by atoms with Crippen molar-refractivity contribution in [1.29, 1.82) is 0 Å². The van der Waals surface area contributed by atoms with Crippen molar-refractivity contribution >= 4 is 5.97 Å². The maximum atomic E-state index is 11.0. The van der Waals surface area contributed by atoms with Crippen molar-refractivity contribution in [3.63, 3.8) is 0 Å². The zero-order chi connectivity index (χ0) is 9.52. The van der Waals surface area contributed by atoms with Crippen LogP contribution in [0, 0.1) is 0 Å². The highest BCUT2D eigenvalue weighted by Gasteiger charge is 2.07. The third-order valence-electron chi connectivity index (χ3n) is 1.79. The molecule has 1 N–H and O–H groups in total. The molecule has 0 fully saturated rings. The van der Waals surface area contributed by atoms with Crippen LogP contribution < -0.4 is 5.32 Å². The van der Waals surface area contributed by atoms with E-state index >= 15 is 0 Å². The van der Waals surface area contributed by atoms with Gasteiger partial charge in [0, 0.05) is 6.04 Å². The first kappa shape index (κ1) is 9.99. The minimum atomic E-state index is -0.189. The quantitative estimate of drug-likeness (QED) is 0.658. The van der Waals surface area contributed by atoms with Crippen LogP contribution in [0.4, 0.5) is 0 Å². The number of ether oxygens (including phenoxy) is 1. The van der Waals surface area contributed by atoms with Crippen LogP contribution in [0.3, 0.4) is 0 Å². The van der Waals surface area contributed by atoms with Crippen molar-refractivity contribution in [1.82, 2.24) is 5.32 Å². The van der Waals surface area contributed by atoms with E-state index in [0.29, 0.717) is 6.61 Å². The Kier molecular flexibility index (Phi) is 4.26. The van der Waals surface area contributed by atoms with E-state index in [4.69, 9.17) is 4.74 Å². The zero-order valence-corrected chi connectivity index (χ0v) is 7.82. The van der Waals surface area contributed by atoms with Crippen molar-refractivity contribution in [2.75, 3.05) is 13.2 Å². The predicted molar refractivity (Wildman–Crippen MR) is 51.3 cm³/mol. The molecule has 13 heavy (non-hydrogen) atoms. The first-order valence-electron chi connectivity index (χ1n) is 4.55. The molecule has 0 aliphatic heterocycles. The van der Waals surface area contributed by atoms with Crippen LogP contribution in [-0.2, 0) is 9.53 Å². The van der Waals surface area contributed by atoms with Gasteiger partial charge in [0.15, 0.2) is 0 Å². The van der Waals surface area contributed by atoms with Gasteiger partial charge in [-0.3, -0.25) is 4.79 Å². The van der Waals surface area contributed by atoms with Crippen LogP contribution in [0.2, 0.25) is 0 Å². The van der Waals surface area contributed by atoms with Gasteiger partial charge in [0.1, 0.15) is 0 Å². The number of nitrogens with one attached hydrogen (secondary N) is 1. The summed E-state index contributed by atoms with van der Waals surface area (Å²) in [7, 11) is 0. The summed E-state index contributed by atoms with van der Waals surface area (Å²) in [6.45, 7) is 2.54. The third kappa shape index (κ3) is 3.90. The molecule has 1 aliphatic carbocycles. The Morgan fingerprint density at radius 3 is 3.08 bits per heavy atom. The van der Waals surface area contributed by atoms with E-state index in [2.05, 4.69) is 11.4 Å². The number of esters is 1. The lowest BCUT2D eigenvalue weighted by Gasteiger charge is -2.13. The van der Waals surface area contributed by atoms with Gasteiger partial charge < -0.3 is 10.1 Å². The molecule has 0 spiro atoms. The van der Waals surface area contributed by atoms with Gasteiger partial charge in [-0.2, -0.15) is 0 Å². The minimum Gasteiger partial charge on any atom is -0.465 e. The summed E-state index contributed by atoms with van der Waals surface area (Å²) in [5.74, 6) is -0.189. The second kappa shape index (κ2) is 5.54. The maximum Gasteiger partial charge on any atom is 0.319 e. The summed E-state index contributed by atoms with van der Waals surface area (Å²) in [6, 6.07) is 0.273.